The molecular weight excluding hydrogens is 350 g/mol. The average Bonchev–Trinajstić information content (AvgIpc) is 2.85. The molecule has 2 rings (SSSR count). The van der Waals surface area contributed by atoms with E-state index < -0.39 is 10.0 Å². The molecule has 1 aliphatic carbocycles. The number of amides is 1. The number of nitrogens with zero attached hydrogens (tertiary/aromatic N) is 2. The van der Waals surface area contributed by atoms with Crippen LogP contribution in [0.15, 0.2) is 23.1 Å². The van der Waals surface area contributed by atoms with Gasteiger partial charge in [0, 0.05) is 25.8 Å². The summed E-state index contributed by atoms with van der Waals surface area (Å²) in [5.41, 5.74) is 1.39. The summed E-state index contributed by atoms with van der Waals surface area (Å²) in [6.07, 6.45) is 7.28. The maximum Gasteiger partial charge on any atom is 0.242 e. The summed E-state index contributed by atoms with van der Waals surface area (Å²) in [5, 5.41) is 2.88. The fourth-order valence-corrected chi connectivity index (χ4v) is 4.28. The Bertz CT molecular complexity index is 724. The Morgan fingerprint density at radius 2 is 1.73 bits per heavy atom. The zero-order valence-electron chi connectivity index (χ0n) is 16.3. The lowest BCUT2D eigenvalue weighted by molar-refractivity contribution is -0.117. The third kappa shape index (κ3) is 5.28. The summed E-state index contributed by atoms with van der Waals surface area (Å²) in [7, 11) is 1.46. The van der Waals surface area contributed by atoms with Crippen LogP contribution in [0.4, 0.5) is 5.69 Å². The van der Waals surface area contributed by atoms with Crippen molar-refractivity contribution in [1.82, 2.24) is 9.21 Å². The van der Waals surface area contributed by atoms with Crippen molar-refractivity contribution in [1.29, 1.82) is 0 Å². The molecule has 146 valence electrons. The molecule has 7 heteroatoms. The molecule has 0 atom stereocenters. The summed E-state index contributed by atoms with van der Waals surface area (Å²) in [4.78, 5) is 14.8. The topological polar surface area (TPSA) is 69.7 Å². The van der Waals surface area contributed by atoms with E-state index >= 15 is 0 Å². The fourth-order valence-electron chi connectivity index (χ4n) is 3.35. The number of benzene rings is 1. The summed E-state index contributed by atoms with van der Waals surface area (Å²) < 4.78 is 25.8. The second kappa shape index (κ2) is 8.97. The largest absolute Gasteiger partial charge is 0.325 e. The number of likely N-dealkylation sites (N-methyl/N-ethyl adjacent to an activating group) is 1. The van der Waals surface area contributed by atoms with E-state index in [-0.39, 0.29) is 10.8 Å². The molecule has 0 aliphatic heterocycles. The highest BCUT2D eigenvalue weighted by molar-refractivity contribution is 7.89. The Balaban J connectivity index is 2.06. The van der Waals surface area contributed by atoms with E-state index in [1.165, 1.54) is 50.2 Å². The van der Waals surface area contributed by atoms with Gasteiger partial charge in [0.1, 0.15) is 0 Å². The first-order valence-corrected chi connectivity index (χ1v) is 10.7. The van der Waals surface area contributed by atoms with E-state index in [1.807, 2.05) is 14.0 Å². The quantitative estimate of drug-likeness (QED) is 0.769. The van der Waals surface area contributed by atoms with Crippen LogP contribution in [0.25, 0.3) is 0 Å². The standard InChI is InChI=1S/C19H31N3O3S/c1-15-11-12-17(26(24,25)21(2)3)13-18(15)20-19(23)14-22(4)16-9-7-5-6-8-10-16/h11-13,16H,5-10,14H2,1-4H3,(H,20,23). The number of anilines is 1. The summed E-state index contributed by atoms with van der Waals surface area (Å²) >= 11 is 0. The molecule has 1 fully saturated rings. The van der Waals surface area contributed by atoms with Gasteiger partial charge in [0.25, 0.3) is 0 Å². The third-order valence-electron chi connectivity index (χ3n) is 5.10. The van der Waals surface area contributed by atoms with Gasteiger partial charge in [-0.25, -0.2) is 12.7 Å². The molecule has 0 aromatic heterocycles. The normalized spacial score (nSPS) is 16.7. The van der Waals surface area contributed by atoms with E-state index in [2.05, 4.69) is 10.2 Å². The SMILES string of the molecule is Cc1ccc(S(=O)(=O)N(C)C)cc1NC(=O)CN(C)C1CCCCCC1. The van der Waals surface area contributed by atoms with Crippen molar-refractivity contribution in [2.24, 2.45) is 0 Å². The lowest BCUT2D eigenvalue weighted by Crippen LogP contribution is -2.37. The van der Waals surface area contributed by atoms with Crippen molar-refractivity contribution in [2.45, 2.75) is 56.4 Å². The minimum Gasteiger partial charge on any atom is -0.325 e. The van der Waals surface area contributed by atoms with Crippen LogP contribution in [-0.4, -0.2) is 57.3 Å². The molecule has 0 heterocycles. The van der Waals surface area contributed by atoms with Gasteiger partial charge in [0.15, 0.2) is 0 Å². The van der Waals surface area contributed by atoms with E-state index in [4.69, 9.17) is 0 Å². The van der Waals surface area contributed by atoms with Crippen molar-refractivity contribution in [3.8, 4) is 0 Å². The lowest BCUT2D eigenvalue weighted by Gasteiger charge is -2.26. The summed E-state index contributed by atoms with van der Waals surface area (Å²) in [6, 6.07) is 5.28. The predicted molar refractivity (Wildman–Crippen MR) is 105 cm³/mol. The number of hydrogen-bond acceptors (Lipinski definition) is 4. The number of nitrogens with one attached hydrogen (secondary N) is 1. The molecule has 1 aliphatic rings. The highest BCUT2D eigenvalue weighted by Crippen LogP contribution is 2.23. The molecule has 0 unspecified atom stereocenters. The molecule has 26 heavy (non-hydrogen) atoms. The van der Waals surface area contributed by atoms with Gasteiger partial charge in [-0.2, -0.15) is 0 Å². The number of carbonyl (C=O) groups is 1. The number of aryl methyl sites for hydroxylation is 1. The Morgan fingerprint density at radius 3 is 2.31 bits per heavy atom. The highest BCUT2D eigenvalue weighted by Gasteiger charge is 2.21. The van der Waals surface area contributed by atoms with Crippen molar-refractivity contribution < 1.29 is 13.2 Å². The Labute approximate surface area is 157 Å². The summed E-state index contributed by atoms with van der Waals surface area (Å²) in [5.74, 6) is -0.112. The predicted octanol–water partition coefficient (Wildman–Crippen LogP) is 2.84. The van der Waals surface area contributed by atoms with Crippen molar-refractivity contribution in [2.75, 3.05) is 33.0 Å². The van der Waals surface area contributed by atoms with Gasteiger partial charge in [0.05, 0.1) is 11.4 Å². The molecule has 1 saturated carbocycles. The Morgan fingerprint density at radius 1 is 1.12 bits per heavy atom. The molecule has 1 N–H and O–H groups in total. The second-order valence-corrected chi connectivity index (χ2v) is 9.52. The van der Waals surface area contributed by atoms with Crippen LogP contribution in [0.5, 0.6) is 0 Å². The number of carbonyl (C=O) groups excluding carboxylic acids is 1. The zero-order valence-corrected chi connectivity index (χ0v) is 17.1. The van der Waals surface area contributed by atoms with E-state index in [0.717, 1.165) is 18.4 Å². The average molecular weight is 382 g/mol. The van der Waals surface area contributed by atoms with Crippen molar-refractivity contribution in [3.63, 3.8) is 0 Å². The molecule has 0 bridgehead atoms. The van der Waals surface area contributed by atoms with Crippen LogP contribution in [0, 0.1) is 6.92 Å². The first kappa shape index (κ1) is 20.9. The van der Waals surface area contributed by atoms with Gasteiger partial charge in [-0.1, -0.05) is 31.7 Å². The summed E-state index contributed by atoms with van der Waals surface area (Å²) in [6.45, 7) is 2.17. The highest BCUT2D eigenvalue weighted by atomic mass is 32.2. The van der Waals surface area contributed by atoms with Gasteiger partial charge in [0.2, 0.25) is 15.9 Å². The van der Waals surface area contributed by atoms with Crippen molar-refractivity contribution >= 4 is 21.6 Å². The minimum absolute atomic E-state index is 0.112. The van der Waals surface area contributed by atoms with Crippen LogP contribution in [0.2, 0.25) is 0 Å². The molecule has 1 aromatic carbocycles. The molecule has 0 radical (unpaired) electrons. The monoisotopic (exact) mass is 381 g/mol. The van der Waals surface area contributed by atoms with Gasteiger partial charge < -0.3 is 5.32 Å². The van der Waals surface area contributed by atoms with Gasteiger partial charge in [-0.3, -0.25) is 9.69 Å². The van der Waals surface area contributed by atoms with Crippen LogP contribution in [0.1, 0.15) is 44.1 Å². The van der Waals surface area contributed by atoms with E-state index in [9.17, 15) is 13.2 Å². The Hall–Kier alpha value is -1.44. The number of rotatable bonds is 6. The smallest absolute Gasteiger partial charge is 0.242 e. The van der Waals surface area contributed by atoms with E-state index in [1.54, 1.807) is 12.1 Å². The first-order valence-electron chi connectivity index (χ1n) is 9.25. The van der Waals surface area contributed by atoms with Gasteiger partial charge in [-0.05, 0) is 44.5 Å². The molecule has 6 nitrogen and oxygen atoms in total. The number of sulfonamides is 1. The second-order valence-electron chi connectivity index (χ2n) is 7.37. The van der Waals surface area contributed by atoms with E-state index in [0.29, 0.717) is 18.3 Å². The van der Waals surface area contributed by atoms with Gasteiger partial charge in [-0.15, -0.1) is 0 Å². The number of hydrogen-bond donors (Lipinski definition) is 1. The van der Waals surface area contributed by atoms with Crippen LogP contribution in [-0.2, 0) is 14.8 Å². The molecule has 1 amide bonds. The molecule has 1 aromatic rings. The zero-order chi connectivity index (χ0) is 19.3. The molecule has 0 spiro atoms. The maximum atomic E-state index is 12.5. The Kier molecular flexibility index (Phi) is 7.20. The fraction of sp³-hybridized carbons (Fsp3) is 0.632. The first-order chi connectivity index (χ1) is 12.2. The van der Waals surface area contributed by atoms with Gasteiger partial charge >= 0.3 is 0 Å². The minimum atomic E-state index is -3.52. The molecular formula is C19H31N3O3S. The molecule has 0 saturated heterocycles. The third-order valence-corrected chi connectivity index (χ3v) is 6.91. The lowest BCUT2D eigenvalue weighted by atomic mass is 10.1. The maximum absolute atomic E-state index is 12.5. The van der Waals surface area contributed by atoms with Crippen LogP contribution in [0.3, 0.4) is 0 Å². The van der Waals surface area contributed by atoms with Crippen molar-refractivity contribution in [3.05, 3.63) is 23.8 Å². The van der Waals surface area contributed by atoms with Crippen LogP contribution >= 0.6 is 0 Å². The van der Waals surface area contributed by atoms with Crippen LogP contribution < -0.4 is 5.32 Å².